The normalized spacial score (nSPS) is 15.9. The van der Waals surface area contributed by atoms with Crippen molar-refractivity contribution in [3.8, 4) is 0 Å². The summed E-state index contributed by atoms with van der Waals surface area (Å²) in [5.74, 6) is -0.243. The quantitative estimate of drug-likeness (QED) is 0.739. The number of anilines is 3. The summed E-state index contributed by atoms with van der Waals surface area (Å²) in [7, 11) is 0. The number of hydrogen-bond acceptors (Lipinski definition) is 4. The zero-order valence-corrected chi connectivity index (χ0v) is 15.8. The predicted molar refractivity (Wildman–Crippen MR) is 109 cm³/mol. The third-order valence-electron chi connectivity index (χ3n) is 4.13. The van der Waals surface area contributed by atoms with Gasteiger partial charge in [0.2, 0.25) is 17.7 Å². The number of benzene rings is 2. The van der Waals surface area contributed by atoms with Crippen LogP contribution in [0.5, 0.6) is 0 Å². The molecule has 3 amide bonds. The Morgan fingerprint density at radius 3 is 2.63 bits per heavy atom. The molecule has 1 unspecified atom stereocenters. The molecule has 2 aromatic carbocycles. The van der Waals surface area contributed by atoms with Crippen LogP contribution in [0.1, 0.15) is 18.9 Å². The second kappa shape index (κ2) is 8.73. The highest BCUT2D eigenvalue weighted by molar-refractivity contribution is 8.01. The van der Waals surface area contributed by atoms with Crippen LogP contribution in [0.3, 0.4) is 0 Å². The zero-order valence-electron chi connectivity index (χ0n) is 15.0. The zero-order chi connectivity index (χ0) is 19.2. The van der Waals surface area contributed by atoms with Crippen molar-refractivity contribution < 1.29 is 14.4 Å². The van der Waals surface area contributed by atoms with Gasteiger partial charge in [0, 0.05) is 24.0 Å². The van der Waals surface area contributed by atoms with Crippen LogP contribution < -0.4 is 16.0 Å². The number of carbonyl (C=O) groups excluding carboxylic acids is 3. The Labute approximate surface area is 162 Å². The van der Waals surface area contributed by atoms with Gasteiger partial charge in [-0.15, -0.1) is 11.8 Å². The van der Waals surface area contributed by atoms with Gasteiger partial charge in [0.1, 0.15) is 0 Å². The first-order chi connectivity index (χ1) is 13.0. The van der Waals surface area contributed by atoms with Crippen molar-refractivity contribution in [1.29, 1.82) is 0 Å². The molecule has 0 aliphatic carbocycles. The Bertz CT molecular complexity index is 869. The van der Waals surface area contributed by atoms with Gasteiger partial charge in [-0.1, -0.05) is 24.3 Å². The van der Waals surface area contributed by atoms with Crippen molar-refractivity contribution in [3.05, 3.63) is 54.1 Å². The Hall–Kier alpha value is -2.80. The van der Waals surface area contributed by atoms with Crippen molar-refractivity contribution in [3.63, 3.8) is 0 Å². The van der Waals surface area contributed by atoms with Crippen molar-refractivity contribution in [2.75, 3.05) is 21.7 Å². The highest BCUT2D eigenvalue weighted by Gasteiger charge is 2.24. The minimum Gasteiger partial charge on any atom is -0.326 e. The number of fused-ring (bicyclic) bond motifs is 1. The molecule has 0 spiro atoms. The Morgan fingerprint density at radius 2 is 1.85 bits per heavy atom. The number of carbonyl (C=O) groups is 3. The molecule has 27 heavy (non-hydrogen) atoms. The summed E-state index contributed by atoms with van der Waals surface area (Å²) >= 11 is 1.34. The van der Waals surface area contributed by atoms with E-state index in [4.69, 9.17) is 0 Å². The average molecular weight is 383 g/mol. The lowest BCUT2D eigenvalue weighted by Gasteiger charge is -2.13. The number of nitrogens with one attached hydrogen (secondary N) is 3. The number of para-hydroxylation sites is 1. The maximum absolute atomic E-state index is 12.4. The van der Waals surface area contributed by atoms with E-state index >= 15 is 0 Å². The molecule has 3 rings (SSSR count). The summed E-state index contributed by atoms with van der Waals surface area (Å²) in [5.41, 5.74) is 3.19. The van der Waals surface area contributed by atoms with Crippen molar-refractivity contribution in [2.24, 2.45) is 0 Å². The predicted octanol–water partition coefficient (Wildman–Crippen LogP) is 3.27. The molecular formula is C20H21N3O3S. The Kier molecular flexibility index (Phi) is 6.13. The highest BCUT2D eigenvalue weighted by atomic mass is 32.2. The van der Waals surface area contributed by atoms with Crippen LogP contribution >= 0.6 is 11.8 Å². The van der Waals surface area contributed by atoms with Gasteiger partial charge in [-0.25, -0.2) is 0 Å². The number of hydrogen-bond donors (Lipinski definition) is 3. The standard InChI is InChI=1S/C20H21N3O3S/c1-13(24)21-15-6-4-7-16(11-15)22-19(25)12-27-18-10-9-14-5-2-3-8-17(14)23-20(18)26/h2-8,11,18H,9-10,12H2,1H3,(H,21,24)(H,22,25)(H,23,26). The molecule has 0 bridgehead atoms. The molecule has 3 N–H and O–H groups in total. The van der Waals surface area contributed by atoms with Gasteiger partial charge in [0.25, 0.3) is 0 Å². The first kappa shape index (κ1) is 19.0. The topological polar surface area (TPSA) is 87.3 Å². The number of amides is 3. The Balaban J connectivity index is 1.53. The molecule has 7 heteroatoms. The fraction of sp³-hybridized carbons (Fsp3) is 0.250. The largest absolute Gasteiger partial charge is 0.326 e. The lowest BCUT2D eigenvalue weighted by atomic mass is 10.1. The summed E-state index contributed by atoms with van der Waals surface area (Å²) in [6.45, 7) is 1.43. The van der Waals surface area contributed by atoms with E-state index in [-0.39, 0.29) is 28.7 Å². The van der Waals surface area contributed by atoms with Crippen LogP contribution in [0, 0.1) is 0 Å². The second-order valence-corrected chi connectivity index (χ2v) is 7.49. The van der Waals surface area contributed by atoms with Gasteiger partial charge in [0.15, 0.2) is 0 Å². The number of rotatable bonds is 5. The van der Waals surface area contributed by atoms with E-state index < -0.39 is 0 Å². The Morgan fingerprint density at radius 1 is 1.11 bits per heavy atom. The van der Waals surface area contributed by atoms with Crippen molar-refractivity contribution in [2.45, 2.75) is 25.0 Å². The second-order valence-electron chi connectivity index (χ2n) is 6.29. The molecule has 0 saturated heterocycles. The molecule has 0 radical (unpaired) electrons. The third kappa shape index (κ3) is 5.34. The first-order valence-electron chi connectivity index (χ1n) is 8.69. The van der Waals surface area contributed by atoms with E-state index in [1.54, 1.807) is 24.3 Å². The van der Waals surface area contributed by atoms with E-state index in [1.807, 2.05) is 24.3 Å². The lowest BCUT2D eigenvalue weighted by molar-refractivity contribution is -0.116. The summed E-state index contributed by atoms with van der Waals surface area (Å²) in [4.78, 5) is 35.8. The van der Waals surface area contributed by atoms with Crippen molar-refractivity contribution >= 4 is 46.5 Å². The summed E-state index contributed by atoms with van der Waals surface area (Å²) < 4.78 is 0. The van der Waals surface area contributed by atoms with Gasteiger partial charge in [-0.3, -0.25) is 14.4 Å². The molecule has 140 valence electrons. The average Bonchev–Trinajstić information content (AvgIpc) is 2.78. The first-order valence-corrected chi connectivity index (χ1v) is 9.74. The highest BCUT2D eigenvalue weighted by Crippen LogP contribution is 2.27. The van der Waals surface area contributed by atoms with Crippen LogP contribution in [0.15, 0.2) is 48.5 Å². The smallest absolute Gasteiger partial charge is 0.237 e. The van der Waals surface area contributed by atoms with E-state index in [0.717, 1.165) is 17.7 Å². The minimum absolute atomic E-state index is 0.0644. The third-order valence-corrected chi connectivity index (χ3v) is 5.41. The maximum atomic E-state index is 12.4. The van der Waals surface area contributed by atoms with Crippen LogP contribution in [0.25, 0.3) is 0 Å². The van der Waals surface area contributed by atoms with E-state index in [0.29, 0.717) is 17.8 Å². The van der Waals surface area contributed by atoms with E-state index in [1.165, 1.54) is 18.7 Å². The maximum Gasteiger partial charge on any atom is 0.237 e. The molecule has 1 heterocycles. The molecule has 1 aliphatic heterocycles. The van der Waals surface area contributed by atoms with E-state index in [2.05, 4.69) is 16.0 Å². The van der Waals surface area contributed by atoms with E-state index in [9.17, 15) is 14.4 Å². The molecule has 1 atom stereocenters. The molecule has 2 aromatic rings. The molecule has 1 aliphatic rings. The van der Waals surface area contributed by atoms with Crippen molar-refractivity contribution in [1.82, 2.24) is 0 Å². The molecule has 0 saturated carbocycles. The molecule has 0 fully saturated rings. The lowest BCUT2D eigenvalue weighted by Crippen LogP contribution is -2.26. The summed E-state index contributed by atoms with van der Waals surface area (Å²) in [6, 6.07) is 14.7. The SMILES string of the molecule is CC(=O)Nc1cccc(NC(=O)CSC2CCc3ccccc3NC2=O)c1. The van der Waals surface area contributed by atoms with Gasteiger partial charge < -0.3 is 16.0 Å². The van der Waals surface area contributed by atoms with Gasteiger partial charge in [-0.2, -0.15) is 0 Å². The molecular weight excluding hydrogens is 362 g/mol. The summed E-state index contributed by atoms with van der Waals surface area (Å²) in [5, 5.41) is 8.15. The number of aryl methyl sites for hydroxylation is 1. The van der Waals surface area contributed by atoms with Crippen LogP contribution in [0.4, 0.5) is 17.1 Å². The molecule has 6 nitrogen and oxygen atoms in total. The van der Waals surface area contributed by atoms with Crippen LogP contribution in [0.2, 0.25) is 0 Å². The van der Waals surface area contributed by atoms with Gasteiger partial charge >= 0.3 is 0 Å². The fourth-order valence-corrected chi connectivity index (χ4v) is 3.82. The van der Waals surface area contributed by atoms with Crippen LogP contribution in [-0.4, -0.2) is 28.7 Å². The monoisotopic (exact) mass is 383 g/mol. The van der Waals surface area contributed by atoms with Gasteiger partial charge in [0.05, 0.1) is 11.0 Å². The van der Waals surface area contributed by atoms with Gasteiger partial charge in [-0.05, 0) is 42.7 Å². The molecule has 0 aromatic heterocycles. The van der Waals surface area contributed by atoms with Crippen LogP contribution in [-0.2, 0) is 20.8 Å². The summed E-state index contributed by atoms with van der Waals surface area (Å²) in [6.07, 6.45) is 1.49. The number of thioether (sulfide) groups is 1. The minimum atomic E-state index is -0.270. The fourth-order valence-electron chi connectivity index (χ4n) is 2.90.